The summed E-state index contributed by atoms with van der Waals surface area (Å²) in [4.78, 5) is 11.9. The number of H-pyrrole nitrogens is 1. The second-order valence-corrected chi connectivity index (χ2v) is 5.17. The highest BCUT2D eigenvalue weighted by molar-refractivity contribution is 6.25. The summed E-state index contributed by atoms with van der Waals surface area (Å²) in [5.74, 6) is 0. The van der Waals surface area contributed by atoms with Crippen LogP contribution in [-0.2, 0) is 10.9 Å². The molecule has 1 aromatic heterocycles. The Morgan fingerprint density at radius 1 is 1.42 bits per heavy atom. The molecule has 0 radical (unpaired) electrons. The predicted octanol–water partition coefficient (Wildman–Crippen LogP) is 5.11. The summed E-state index contributed by atoms with van der Waals surface area (Å²) in [6.45, 7) is 4.28. The van der Waals surface area contributed by atoms with Crippen LogP contribution in [0.3, 0.4) is 0 Å². The number of allylic oxidation sites excluding steroid dienone is 1. The van der Waals surface area contributed by atoms with E-state index in [-0.39, 0.29) is 21.3 Å². The lowest BCUT2D eigenvalue weighted by atomic mass is 10.1. The zero-order valence-electron chi connectivity index (χ0n) is 12.1. The Balaban J connectivity index is -0.000000339. The van der Waals surface area contributed by atoms with Crippen molar-refractivity contribution in [2.45, 2.75) is 46.2 Å². The molecule has 0 fully saturated rings. The van der Waals surface area contributed by atoms with Crippen molar-refractivity contribution >= 4 is 11.6 Å². The molecule has 1 rings (SSSR count). The fourth-order valence-corrected chi connectivity index (χ4v) is 1.23. The first-order chi connectivity index (χ1) is 10.1. The molecule has 1 aromatic rings. The smallest absolute Gasteiger partial charge is 0.416 e. The molecule has 0 spiro atoms. The van der Waals surface area contributed by atoms with Gasteiger partial charge in [0.05, 0.1) is 35.8 Å². The molecule has 0 amide bonds. The van der Waals surface area contributed by atoms with E-state index < -0.39 is 22.2 Å². The average Bonchev–Trinajstić information content (AvgIpc) is 2.38. The maximum atomic E-state index is 11.8. The van der Waals surface area contributed by atoms with Gasteiger partial charge < -0.3 is 9.72 Å². The van der Waals surface area contributed by atoms with Crippen LogP contribution in [-0.4, -0.2) is 16.5 Å². The Kier molecular flexibility index (Phi) is 14.0. The number of ether oxygens (including phenoxy) is 1. The van der Waals surface area contributed by atoms with Crippen LogP contribution in [0.15, 0.2) is 35.5 Å². The van der Waals surface area contributed by atoms with Gasteiger partial charge in [-0.15, -0.1) is 11.6 Å². The molecule has 24 heavy (non-hydrogen) atoms. The van der Waals surface area contributed by atoms with Gasteiger partial charge in [-0.05, 0) is 26.0 Å². The zero-order chi connectivity index (χ0) is 17.2. The number of nitrogens with one attached hydrogen (secondary N) is 1. The van der Waals surface area contributed by atoms with Crippen LogP contribution in [0.5, 0.6) is 0 Å². The third kappa shape index (κ3) is 12.6. The second-order valence-electron chi connectivity index (χ2n) is 4.31. The predicted molar refractivity (Wildman–Crippen MR) is 90.8 cm³/mol. The van der Waals surface area contributed by atoms with Crippen LogP contribution in [0.2, 0.25) is 0 Å². The van der Waals surface area contributed by atoms with Crippen LogP contribution in [0, 0.1) is 11.3 Å². The number of alkyl halides is 4. The van der Waals surface area contributed by atoms with Gasteiger partial charge in [0.1, 0.15) is 0 Å². The Morgan fingerprint density at radius 2 is 2.00 bits per heavy atom. The van der Waals surface area contributed by atoms with E-state index in [1.807, 2.05) is 13.0 Å². The molecule has 0 aliphatic carbocycles. The van der Waals surface area contributed by atoms with Crippen LogP contribution in [0.1, 0.15) is 40.7 Å². The summed E-state index contributed by atoms with van der Waals surface area (Å²) in [6.07, 6.45) is 0.0309. The molecular weight excluding hydrogens is 345 g/mol. The number of aromatic nitrogens is 1. The van der Waals surface area contributed by atoms with E-state index in [4.69, 9.17) is 21.6 Å². The van der Waals surface area contributed by atoms with Gasteiger partial charge in [0.2, 0.25) is 5.56 Å². The average molecular weight is 369 g/mol. The van der Waals surface area contributed by atoms with Crippen LogP contribution < -0.4 is 5.56 Å². The van der Waals surface area contributed by atoms with E-state index >= 15 is 0 Å². The molecule has 0 aromatic carbocycles. The lowest BCUT2D eigenvalue weighted by molar-refractivity contribution is -0.137. The lowest BCUT2D eigenvalue weighted by Gasteiger charge is -2.11. The van der Waals surface area contributed by atoms with E-state index in [0.29, 0.717) is 12.7 Å². The first-order valence-corrected chi connectivity index (χ1v) is 6.61. The van der Waals surface area contributed by atoms with Crippen molar-refractivity contribution in [1.29, 1.82) is 5.26 Å². The number of rotatable bonds is 4. The third-order valence-corrected chi connectivity index (χ3v) is 2.47. The lowest BCUT2D eigenvalue weighted by Crippen LogP contribution is -2.11. The first-order valence-electron chi connectivity index (χ1n) is 6.23. The van der Waals surface area contributed by atoms with Gasteiger partial charge in [0.15, 0.2) is 0 Å². The monoisotopic (exact) mass is 368 g/mol. The Morgan fingerprint density at radius 3 is 2.38 bits per heavy atom. The molecule has 0 aliphatic heterocycles. The molecular formula is C16H24ClF3N2O2. The molecule has 0 saturated heterocycles. The van der Waals surface area contributed by atoms with Crippen LogP contribution >= 0.6 is 11.6 Å². The van der Waals surface area contributed by atoms with Crippen molar-refractivity contribution in [3.05, 3.63) is 46.6 Å². The molecule has 0 saturated carbocycles. The summed E-state index contributed by atoms with van der Waals surface area (Å²) in [6, 6.07) is 3.32. The van der Waals surface area contributed by atoms with E-state index in [0.717, 1.165) is 12.3 Å². The van der Waals surface area contributed by atoms with Crippen molar-refractivity contribution in [2.75, 3.05) is 6.61 Å². The van der Waals surface area contributed by atoms with Gasteiger partial charge in [0.25, 0.3) is 0 Å². The summed E-state index contributed by atoms with van der Waals surface area (Å²) < 4.78 is 40.4. The summed E-state index contributed by atoms with van der Waals surface area (Å²) >= 11 is 5.88. The van der Waals surface area contributed by atoms with Gasteiger partial charge in [-0.3, -0.25) is 4.79 Å². The molecule has 1 unspecified atom stereocenters. The van der Waals surface area contributed by atoms with Crippen molar-refractivity contribution in [3.8, 4) is 6.07 Å². The minimum absolute atomic E-state index is 0. The molecule has 138 valence electrons. The van der Waals surface area contributed by atoms with E-state index in [2.05, 4.69) is 4.98 Å². The fourth-order valence-electron chi connectivity index (χ4n) is 1.12. The topological polar surface area (TPSA) is 65.9 Å². The number of pyridine rings is 1. The standard InChI is InChI=1S/C8H12ClNO.C6H4F3NO.2CH4/c1-3-11-7-5-8(2,9)4-6-10;7-6(8,9)4-1-2-10-5(11)3-4;;/h5,7H,3-4H2,1-2H3;1-3H,(H,10,11);2*1H4/b7-5+;;;. The minimum Gasteiger partial charge on any atom is -0.502 e. The van der Waals surface area contributed by atoms with E-state index in [1.165, 1.54) is 6.26 Å². The van der Waals surface area contributed by atoms with Gasteiger partial charge in [0, 0.05) is 12.3 Å². The number of aromatic amines is 1. The van der Waals surface area contributed by atoms with Gasteiger partial charge in [-0.1, -0.05) is 14.9 Å². The molecule has 8 heteroatoms. The number of hydrogen-bond acceptors (Lipinski definition) is 3. The molecule has 4 nitrogen and oxygen atoms in total. The quantitative estimate of drug-likeness (QED) is 0.593. The number of nitriles is 1. The van der Waals surface area contributed by atoms with Crippen molar-refractivity contribution < 1.29 is 17.9 Å². The van der Waals surface area contributed by atoms with Gasteiger partial charge in [-0.2, -0.15) is 18.4 Å². The van der Waals surface area contributed by atoms with Gasteiger partial charge in [-0.25, -0.2) is 0 Å². The fraction of sp³-hybridized carbons (Fsp3) is 0.500. The Bertz CT molecular complexity index is 576. The van der Waals surface area contributed by atoms with Crippen molar-refractivity contribution in [2.24, 2.45) is 0 Å². The molecule has 1 heterocycles. The molecule has 1 N–H and O–H groups in total. The molecule has 1 atom stereocenters. The third-order valence-electron chi connectivity index (χ3n) is 2.21. The number of halogens is 4. The zero-order valence-corrected chi connectivity index (χ0v) is 12.8. The second kappa shape index (κ2) is 12.5. The highest BCUT2D eigenvalue weighted by Crippen LogP contribution is 2.27. The summed E-state index contributed by atoms with van der Waals surface area (Å²) in [5, 5.41) is 8.35. The summed E-state index contributed by atoms with van der Waals surface area (Å²) in [5.41, 5.74) is -1.68. The SMILES string of the molecule is C.C.CCO/C=C/C(C)(Cl)CC#N.O=c1cc(C(F)(F)F)cc[nH]1. The largest absolute Gasteiger partial charge is 0.502 e. The van der Waals surface area contributed by atoms with Crippen molar-refractivity contribution in [3.63, 3.8) is 0 Å². The van der Waals surface area contributed by atoms with E-state index in [9.17, 15) is 18.0 Å². The highest BCUT2D eigenvalue weighted by Gasteiger charge is 2.30. The molecule has 0 bridgehead atoms. The minimum atomic E-state index is -4.44. The normalized spacial score (nSPS) is 12.5. The van der Waals surface area contributed by atoms with Crippen molar-refractivity contribution in [1.82, 2.24) is 4.98 Å². The van der Waals surface area contributed by atoms with Crippen LogP contribution in [0.4, 0.5) is 13.2 Å². The van der Waals surface area contributed by atoms with E-state index in [1.54, 1.807) is 13.0 Å². The number of nitrogens with zero attached hydrogens (tertiary/aromatic N) is 1. The Labute approximate surface area is 145 Å². The summed E-state index contributed by atoms with van der Waals surface area (Å²) in [7, 11) is 0. The first kappa shape index (κ1) is 26.9. The van der Waals surface area contributed by atoms with Gasteiger partial charge >= 0.3 is 6.18 Å². The number of hydrogen-bond donors (Lipinski definition) is 1. The highest BCUT2D eigenvalue weighted by atomic mass is 35.5. The maximum Gasteiger partial charge on any atom is 0.416 e. The maximum absolute atomic E-state index is 11.8. The molecule has 0 aliphatic rings. The Hall–Kier alpha value is -1.94. The van der Waals surface area contributed by atoms with Crippen LogP contribution in [0.25, 0.3) is 0 Å².